The fourth-order valence-electron chi connectivity index (χ4n) is 2.69. The van der Waals surface area contributed by atoms with Crippen LogP contribution in [0.5, 0.6) is 5.75 Å². The molecule has 2 aromatic rings. The molecule has 0 spiro atoms. The predicted octanol–water partition coefficient (Wildman–Crippen LogP) is 4.80. The maximum atomic E-state index is 13.3. The first-order chi connectivity index (χ1) is 14.2. The minimum absolute atomic E-state index is 0.0420. The van der Waals surface area contributed by atoms with E-state index in [1.54, 1.807) is 18.2 Å². The Morgan fingerprint density at radius 3 is 2.57 bits per heavy atom. The van der Waals surface area contributed by atoms with Gasteiger partial charge in [0.15, 0.2) is 0 Å². The minimum Gasteiger partial charge on any atom is -0.493 e. The summed E-state index contributed by atoms with van der Waals surface area (Å²) in [4.78, 5) is 36.0. The third kappa shape index (κ3) is 4.82. The Bertz CT molecular complexity index is 1040. The van der Waals surface area contributed by atoms with Crippen LogP contribution >= 0.6 is 11.8 Å². The Balaban J connectivity index is 1.85. The molecule has 30 heavy (non-hydrogen) atoms. The molecule has 0 aromatic heterocycles. The van der Waals surface area contributed by atoms with E-state index < -0.39 is 34.5 Å². The van der Waals surface area contributed by atoms with Gasteiger partial charge in [0, 0.05) is 0 Å². The largest absolute Gasteiger partial charge is 0.493 e. The average Bonchev–Trinajstić information content (AvgIpc) is 2.94. The number of imide groups is 1. The van der Waals surface area contributed by atoms with Gasteiger partial charge in [-0.3, -0.25) is 14.4 Å². The molecule has 0 bridgehead atoms. The molecule has 1 heterocycles. The van der Waals surface area contributed by atoms with E-state index in [4.69, 9.17) is 9.84 Å². The van der Waals surface area contributed by atoms with Gasteiger partial charge in [-0.2, -0.15) is 13.2 Å². The van der Waals surface area contributed by atoms with Crippen molar-refractivity contribution in [3.8, 4) is 5.75 Å². The molecule has 0 saturated carbocycles. The summed E-state index contributed by atoms with van der Waals surface area (Å²) in [6.45, 7) is -0.0521. The molecule has 0 radical (unpaired) electrons. The normalized spacial score (nSPS) is 15.7. The smallest absolute Gasteiger partial charge is 0.418 e. The van der Waals surface area contributed by atoms with Crippen molar-refractivity contribution in [1.29, 1.82) is 0 Å². The summed E-state index contributed by atoms with van der Waals surface area (Å²) in [5, 5.41) is 7.81. The molecule has 6 nitrogen and oxygen atoms in total. The molecule has 2 amide bonds. The molecule has 156 valence electrons. The number of nitrogens with zero attached hydrogens (tertiary/aromatic N) is 1. The number of hydrogen-bond acceptors (Lipinski definition) is 5. The number of para-hydroxylation sites is 1. The number of amides is 2. The van der Waals surface area contributed by atoms with Crippen LogP contribution in [0.4, 0.5) is 23.7 Å². The summed E-state index contributed by atoms with van der Waals surface area (Å²) >= 11 is 0.531. The Labute approximate surface area is 172 Å². The molecule has 2 aromatic carbocycles. The lowest BCUT2D eigenvalue weighted by Gasteiger charge is -2.18. The number of rotatable bonds is 6. The summed E-state index contributed by atoms with van der Waals surface area (Å²) < 4.78 is 45.1. The number of alkyl halides is 3. The monoisotopic (exact) mass is 437 g/mol. The van der Waals surface area contributed by atoms with Crippen molar-refractivity contribution >= 4 is 40.6 Å². The number of ether oxygens (including phenoxy) is 1. The second-order valence-corrected chi connectivity index (χ2v) is 7.09. The Morgan fingerprint density at radius 2 is 1.87 bits per heavy atom. The van der Waals surface area contributed by atoms with Crippen molar-refractivity contribution in [1.82, 2.24) is 0 Å². The van der Waals surface area contributed by atoms with Gasteiger partial charge in [-0.25, -0.2) is 4.90 Å². The fourth-order valence-corrected chi connectivity index (χ4v) is 3.52. The van der Waals surface area contributed by atoms with E-state index in [0.29, 0.717) is 28.0 Å². The van der Waals surface area contributed by atoms with Gasteiger partial charge in [0.05, 0.1) is 29.2 Å². The maximum Gasteiger partial charge on any atom is 0.418 e. The SMILES string of the molecule is O=C(O)CCOc1cccc(/C=C2/SC(=O)N(c3ccccc3C(F)(F)F)C2=O)c1. The number of hydrogen-bond donors (Lipinski definition) is 1. The van der Waals surface area contributed by atoms with E-state index in [1.807, 2.05) is 0 Å². The number of carbonyl (C=O) groups is 3. The molecule has 1 fully saturated rings. The van der Waals surface area contributed by atoms with Crippen LogP contribution in [0.2, 0.25) is 0 Å². The topological polar surface area (TPSA) is 83.9 Å². The number of anilines is 1. The highest BCUT2D eigenvalue weighted by atomic mass is 32.2. The van der Waals surface area contributed by atoms with Gasteiger partial charge in [-0.15, -0.1) is 0 Å². The number of carbonyl (C=O) groups excluding carboxylic acids is 2. The summed E-state index contributed by atoms with van der Waals surface area (Å²) in [7, 11) is 0. The summed E-state index contributed by atoms with van der Waals surface area (Å²) in [6, 6.07) is 10.7. The molecule has 0 aliphatic carbocycles. The number of thioether (sulfide) groups is 1. The Kier molecular flexibility index (Phi) is 6.16. The highest BCUT2D eigenvalue weighted by Gasteiger charge is 2.42. The van der Waals surface area contributed by atoms with Crippen LogP contribution in [0.1, 0.15) is 17.5 Å². The molecule has 10 heteroatoms. The standard InChI is InChI=1S/C20H14F3NO5S/c21-20(22,23)14-6-1-2-7-15(14)24-18(27)16(30-19(24)28)11-12-4-3-5-13(10-12)29-9-8-17(25)26/h1-7,10-11H,8-9H2,(H,25,26)/b16-11+. The molecule has 1 aliphatic heterocycles. The van der Waals surface area contributed by atoms with Crippen LogP contribution < -0.4 is 9.64 Å². The summed E-state index contributed by atoms with van der Waals surface area (Å²) in [5.74, 6) is -1.52. The molecular formula is C20H14F3NO5S. The summed E-state index contributed by atoms with van der Waals surface area (Å²) in [5.41, 5.74) is -1.14. The number of halogens is 3. The van der Waals surface area contributed by atoms with Gasteiger partial charge >= 0.3 is 12.1 Å². The van der Waals surface area contributed by atoms with Gasteiger partial charge in [-0.1, -0.05) is 24.3 Å². The summed E-state index contributed by atoms with van der Waals surface area (Å²) in [6.07, 6.45) is -3.55. The van der Waals surface area contributed by atoms with E-state index in [0.717, 1.165) is 12.1 Å². The van der Waals surface area contributed by atoms with Crippen LogP contribution in [0, 0.1) is 0 Å². The third-order valence-corrected chi connectivity index (χ3v) is 4.85. The molecule has 0 atom stereocenters. The molecule has 1 saturated heterocycles. The van der Waals surface area contributed by atoms with Crippen molar-refractivity contribution in [3.63, 3.8) is 0 Å². The van der Waals surface area contributed by atoms with Gasteiger partial charge < -0.3 is 9.84 Å². The zero-order valence-corrected chi connectivity index (χ0v) is 16.0. The van der Waals surface area contributed by atoms with Gasteiger partial charge in [-0.05, 0) is 47.7 Å². The lowest BCUT2D eigenvalue weighted by molar-refractivity contribution is -0.138. The Hall–Kier alpha value is -3.27. The first kappa shape index (κ1) is 21.4. The van der Waals surface area contributed by atoms with Gasteiger partial charge in [0.1, 0.15) is 5.75 Å². The average molecular weight is 437 g/mol. The van der Waals surface area contributed by atoms with E-state index in [-0.39, 0.29) is 17.9 Å². The first-order valence-electron chi connectivity index (χ1n) is 8.55. The molecule has 1 N–H and O–H groups in total. The van der Waals surface area contributed by atoms with E-state index in [1.165, 1.54) is 24.3 Å². The first-order valence-corrected chi connectivity index (χ1v) is 9.37. The van der Waals surface area contributed by atoms with Gasteiger partial charge in [0.2, 0.25) is 0 Å². The predicted molar refractivity (Wildman–Crippen MR) is 104 cm³/mol. The van der Waals surface area contributed by atoms with Crippen LogP contribution in [0.15, 0.2) is 53.4 Å². The number of benzene rings is 2. The quantitative estimate of drug-likeness (QED) is 0.654. The lowest BCUT2D eigenvalue weighted by Crippen LogP contribution is -2.30. The maximum absolute atomic E-state index is 13.3. The number of aliphatic carboxylic acids is 1. The van der Waals surface area contributed by atoms with E-state index >= 15 is 0 Å². The van der Waals surface area contributed by atoms with Gasteiger partial charge in [0.25, 0.3) is 11.1 Å². The third-order valence-electron chi connectivity index (χ3n) is 3.98. The van der Waals surface area contributed by atoms with Crippen LogP contribution in [0.25, 0.3) is 6.08 Å². The highest BCUT2D eigenvalue weighted by Crippen LogP contribution is 2.42. The van der Waals surface area contributed by atoms with Crippen molar-refractivity contribution < 1.29 is 37.4 Å². The van der Waals surface area contributed by atoms with Crippen LogP contribution in [-0.2, 0) is 15.8 Å². The lowest BCUT2D eigenvalue weighted by atomic mass is 10.1. The van der Waals surface area contributed by atoms with Crippen LogP contribution in [-0.4, -0.2) is 28.8 Å². The van der Waals surface area contributed by atoms with E-state index in [2.05, 4.69) is 0 Å². The molecule has 3 rings (SSSR count). The second-order valence-electron chi connectivity index (χ2n) is 6.10. The molecule has 1 aliphatic rings. The number of carboxylic acids is 1. The van der Waals surface area contributed by atoms with E-state index in [9.17, 15) is 27.6 Å². The minimum atomic E-state index is -4.73. The fraction of sp³-hybridized carbons (Fsp3) is 0.150. The highest BCUT2D eigenvalue weighted by molar-refractivity contribution is 8.19. The van der Waals surface area contributed by atoms with Crippen LogP contribution in [0.3, 0.4) is 0 Å². The molecular weight excluding hydrogens is 423 g/mol. The van der Waals surface area contributed by atoms with Crippen molar-refractivity contribution in [2.75, 3.05) is 11.5 Å². The Morgan fingerprint density at radius 1 is 1.13 bits per heavy atom. The van der Waals surface area contributed by atoms with Crippen molar-refractivity contribution in [3.05, 3.63) is 64.6 Å². The zero-order valence-electron chi connectivity index (χ0n) is 15.2. The van der Waals surface area contributed by atoms with Crippen molar-refractivity contribution in [2.45, 2.75) is 12.6 Å². The molecule has 0 unspecified atom stereocenters. The van der Waals surface area contributed by atoms with Crippen molar-refractivity contribution in [2.24, 2.45) is 0 Å². The number of carboxylic acid groups (broad SMARTS) is 1. The zero-order chi connectivity index (χ0) is 21.9. The second kappa shape index (κ2) is 8.62.